The summed E-state index contributed by atoms with van der Waals surface area (Å²) in [6.07, 6.45) is 0. The van der Waals surface area contributed by atoms with Crippen molar-refractivity contribution < 1.29 is 9.59 Å². The van der Waals surface area contributed by atoms with E-state index in [1.54, 1.807) is 10.7 Å². The van der Waals surface area contributed by atoms with Crippen molar-refractivity contribution in [3.8, 4) is 5.69 Å². The number of urea groups is 1. The van der Waals surface area contributed by atoms with E-state index in [4.69, 9.17) is 16.7 Å². The Morgan fingerprint density at radius 2 is 1.74 bits per heavy atom. The van der Waals surface area contributed by atoms with Crippen molar-refractivity contribution in [3.05, 3.63) is 70.4 Å². The normalized spacial score (nSPS) is 11.3. The van der Waals surface area contributed by atoms with Crippen LogP contribution in [-0.2, 0) is 10.2 Å². The van der Waals surface area contributed by atoms with Crippen molar-refractivity contribution in [2.75, 3.05) is 23.7 Å². The molecule has 1 aromatic heterocycles. The first-order valence-corrected chi connectivity index (χ1v) is 11.7. The van der Waals surface area contributed by atoms with Gasteiger partial charge in [0.2, 0.25) is 5.91 Å². The molecule has 0 atom stereocenters. The molecule has 0 spiro atoms. The fourth-order valence-electron chi connectivity index (χ4n) is 3.35. The van der Waals surface area contributed by atoms with E-state index in [1.165, 1.54) is 4.90 Å². The lowest BCUT2D eigenvalue weighted by atomic mass is 9.92. The van der Waals surface area contributed by atoms with Gasteiger partial charge < -0.3 is 15.5 Å². The van der Waals surface area contributed by atoms with Crippen LogP contribution in [0.25, 0.3) is 5.69 Å². The summed E-state index contributed by atoms with van der Waals surface area (Å²) in [4.78, 5) is 27.2. The number of halogens is 1. The summed E-state index contributed by atoms with van der Waals surface area (Å²) in [5, 5.41) is 11.0. The third-order valence-corrected chi connectivity index (χ3v) is 5.91. The lowest BCUT2D eigenvalue weighted by Gasteiger charge is -2.21. The molecule has 1 heterocycles. The molecule has 2 N–H and O–H groups in total. The maximum atomic E-state index is 13.0. The van der Waals surface area contributed by atoms with Gasteiger partial charge in [0.25, 0.3) is 0 Å². The number of anilines is 2. The van der Waals surface area contributed by atoms with Gasteiger partial charge in [0.1, 0.15) is 12.4 Å². The number of nitrogens with one attached hydrogen (secondary N) is 2. The molecule has 3 amide bonds. The zero-order valence-corrected chi connectivity index (χ0v) is 21.3. The molecule has 0 bridgehead atoms. The number of aryl methyl sites for hydroxylation is 2. The van der Waals surface area contributed by atoms with Gasteiger partial charge in [0, 0.05) is 23.7 Å². The van der Waals surface area contributed by atoms with E-state index in [0.29, 0.717) is 28.8 Å². The van der Waals surface area contributed by atoms with Crippen LogP contribution in [0.2, 0.25) is 5.02 Å². The Balaban J connectivity index is 1.78. The number of rotatable bonds is 6. The third-order valence-electron chi connectivity index (χ3n) is 5.59. The number of hydrogen-bond acceptors (Lipinski definition) is 3. The second-order valence-electron chi connectivity index (χ2n) is 9.32. The standard InChI is InChI=1S/C26H32ClN5O2/c1-7-31(25(34)28-19-13-12-17(2)18(3)14-19)16-24(33)29-23-15-22(26(4,5)6)30-32(23)21-11-9-8-10-20(21)27/h8-15H,7,16H2,1-6H3,(H,28,34)(H,29,33). The predicted molar refractivity (Wildman–Crippen MR) is 138 cm³/mol. The number of carbonyl (C=O) groups is 2. The maximum absolute atomic E-state index is 13.0. The van der Waals surface area contributed by atoms with E-state index in [2.05, 4.69) is 10.6 Å². The molecule has 3 aromatic rings. The molecule has 7 nitrogen and oxygen atoms in total. The van der Waals surface area contributed by atoms with Crippen LogP contribution >= 0.6 is 11.6 Å². The second-order valence-corrected chi connectivity index (χ2v) is 9.73. The van der Waals surface area contributed by atoms with Gasteiger partial charge in [-0.1, -0.05) is 50.6 Å². The number of benzene rings is 2. The fraction of sp³-hybridized carbons (Fsp3) is 0.346. The first-order chi connectivity index (χ1) is 16.0. The van der Waals surface area contributed by atoms with E-state index in [0.717, 1.165) is 16.8 Å². The summed E-state index contributed by atoms with van der Waals surface area (Å²) in [6.45, 7) is 12.3. The van der Waals surface area contributed by atoms with Gasteiger partial charge in [-0.25, -0.2) is 9.48 Å². The van der Waals surface area contributed by atoms with Crippen molar-refractivity contribution in [2.45, 2.75) is 47.0 Å². The highest BCUT2D eigenvalue weighted by Crippen LogP contribution is 2.29. The molecule has 0 aliphatic heterocycles. The summed E-state index contributed by atoms with van der Waals surface area (Å²) in [5.41, 5.74) is 4.17. The Labute approximate surface area is 206 Å². The molecule has 0 fully saturated rings. The van der Waals surface area contributed by atoms with Gasteiger partial charge in [-0.2, -0.15) is 5.10 Å². The highest BCUT2D eigenvalue weighted by molar-refractivity contribution is 6.32. The highest BCUT2D eigenvalue weighted by atomic mass is 35.5. The summed E-state index contributed by atoms with van der Waals surface area (Å²) in [6, 6.07) is 14.5. The van der Waals surface area contributed by atoms with Gasteiger partial charge in [-0.15, -0.1) is 0 Å². The molecule has 0 saturated carbocycles. The average Bonchev–Trinajstić information content (AvgIpc) is 3.18. The second kappa shape index (κ2) is 10.3. The van der Waals surface area contributed by atoms with Crippen molar-refractivity contribution in [1.29, 1.82) is 0 Å². The number of para-hydroxylation sites is 1. The minimum Gasteiger partial charge on any atom is -0.315 e. The van der Waals surface area contributed by atoms with Crippen LogP contribution in [-0.4, -0.2) is 39.7 Å². The van der Waals surface area contributed by atoms with Gasteiger partial charge in [0.15, 0.2) is 0 Å². The minimum atomic E-state index is -0.337. The summed E-state index contributed by atoms with van der Waals surface area (Å²) in [5.74, 6) is 0.166. The molecule has 0 radical (unpaired) electrons. The molecular formula is C26H32ClN5O2. The first-order valence-electron chi connectivity index (χ1n) is 11.3. The molecule has 0 unspecified atom stereocenters. The molecule has 0 aliphatic rings. The van der Waals surface area contributed by atoms with E-state index in [-0.39, 0.29) is 23.9 Å². The van der Waals surface area contributed by atoms with Crippen molar-refractivity contribution in [2.24, 2.45) is 0 Å². The lowest BCUT2D eigenvalue weighted by molar-refractivity contribution is -0.116. The van der Waals surface area contributed by atoms with E-state index in [1.807, 2.05) is 84.0 Å². The van der Waals surface area contributed by atoms with Crippen LogP contribution in [0.3, 0.4) is 0 Å². The summed E-state index contributed by atoms with van der Waals surface area (Å²) >= 11 is 6.40. The Kier molecular flexibility index (Phi) is 7.67. The Morgan fingerprint density at radius 3 is 2.35 bits per heavy atom. The number of likely N-dealkylation sites (N-methyl/N-ethyl adjacent to an activating group) is 1. The number of hydrogen-bond donors (Lipinski definition) is 2. The van der Waals surface area contributed by atoms with Crippen LogP contribution in [0.15, 0.2) is 48.5 Å². The summed E-state index contributed by atoms with van der Waals surface area (Å²) in [7, 11) is 0. The number of nitrogens with zero attached hydrogens (tertiary/aromatic N) is 3. The Bertz CT molecular complexity index is 1200. The minimum absolute atomic E-state index is 0.105. The highest BCUT2D eigenvalue weighted by Gasteiger charge is 2.23. The van der Waals surface area contributed by atoms with Crippen LogP contribution in [0, 0.1) is 13.8 Å². The Hall–Kier alpha value is -3.32. The molecule has 180 valence electrons. The zero-order chi connectivity index (χ0) is 25.0. The molecule has 3 rings (SSSR count). The maximum Gasteiger partial charge on any atom is 0.322 e. The number of carbonyl (C=O) groups excluding carboxylic acids is 2. The fourth-order valence-corrected chi connectivity index (χ4v) is 3.56. The molecule has 2 aromatic carbocycles. The smallest absolute Gasteiger partial charge is 0.315 e. The zero-order valence-electron chi connectivity index (χ0n) is 20.6. The lowest BCUT2D eigenvalue weighted by Crippen LogP contribution is -2.40. The van der Waals surface area contributed by atoms with Gasteiger partial charge in [-0.3, -0.25) is 4.79 Å². The van der Waals surface area contributed by atoms with E-state index >= 15 is 0 Å². The largest absolute Gasteiger partial charge is 0.322 e. The van der Waals surface area contributed by atoms with Crippen molar-refractivity contribution >= 4 is 35.0 Å². The van der Waals surface area contributed by atoms with Crippen LogP contribution in [0.4, 0.5) is 16.3 Å². The molecule has 34 heavy (non-hydrogen) atoms. The Morgan fingerprint density at radius 1 is 1.03 bits per heavy atom. The van der Waals surface area contributed by atoms with Crippen LogP contribution in [0.1, 0.15) is 44.5 Å². The molecule has 8 heteroatoms. The van der Waals surface area contributed by atoms with Crippen molar-refractivity contribution in [3.63, 3.8) is 0 Å². The van der Waals surface area contributed by atoms with Gasteiger partial charge in [0.05, 0.1) is 16.4 Å². The topological polar surface area (TPSA) is 79.3 Å². The van der Waals surface area contributed by atoms with E-state index < -0.39 is 0 Å². The van der Waals surface area contributed by atoms with Gasteiger partial charge >= 0.3 is 6.03 Å². The number of amides is 3. The monoisotopic (exact) mass is 481 g/mol. The van der Waals surface area contributed by atoms with E-state index in [9.17, 15) is 9.59 Å². The first kappa shape index (κ1) is 25.3. The average molecular weight is 482 g/mol. The summed E-state index contributed by atoms with van der Waals surface area (Å²) < 4.78 is 1.63. The van der Waals surface area contributed by atoms with Gasteiger partial charge in [-0.05, 0) is 56.2 Å². The number of aromatic nitrogens is 2. The third kappa shape index (κ3) is 5.97. The molecule has 0 saturated heterocycles. The quantitative estimate of drug-likeness (QED) is 0.457. The SMILES string of the molecule is CCN(CC(=O)Nc1cc(C(C)(C)C)nn1-c1ccccc1Cl)C(=O)Nc1ccc(C)c(C)c1. The van der Waals surface area contributed by atoms with Crippen molar-refractivity contribution in [1.82, 2.24) is 14.7 Å². The van der Waals surface area contributed by atoms with Crippen LogP contribution in [0.5, 0.6) is 0 Å². The molecular weight excluding hydrogens is 450 g/mol. The predicted octanol–water partition coefficient (Wildman–Crippen LogP) is 5.93. The van der Waals surface area contributed by atoms with Crippen LogP contribution < -0.4 is 10.6 Å². The molecule has 0 aliphatic carbocycles.